The fourth-order valence-corrected chi connectivity index (χ4v) is 2.15. The van der Waals surface area contributed by atoms with E-state index in [1.807, 2.05) is 0 Å². The van der Waals surface area contributed by atoms with Gasteiger partial charge in [-0.15, -0.1) is 0 Å². The summed E-state index contributed by atoms with van der Waals surface area (Å²) in [7, 11) is 0. The van der Waals surface area contributed by atoms with Gasteiger partial charge in [0.2, 0.25) is 5.91 Å². The zero-order valence-electron chi connectivity index (χ0n) is 13.3. The minimum Gasteiger partial charge on any atom is -0.508 e. The highest BCUT2D eigenvalue weighted by Gasteiger charge is 2.11. The Balaban J connectivity index is 1.92. The van der Waals surface area contributed by atoms with Crippen LogP contribution in [0, 0.1) is 0 Å². The number of aromatic hydroxyl groups is 2. The Kier molecular flexibility index (Phi) is 5.97. The molecule has 0 bridgehead atoms. The summed E-state index contributed by atoms with van der Waals surface area (Å²) in [6.45, 7) is 1.58. The molecule has 2 amide bonds. The number of amides is 2. The quantitative estimate of drug-likeness (QED) is 0.484. The number of carbonyl (C=O) groups is 2. The smallest absolute Gasteiger partial charge is 0.275 e. The minimum absolute atomic E-state index is 0.0334. The van der Waals surface area contributed by atoms with Crippen molar-refractivity contribution in [1.82, 2.24) is 5.43 Å². The van der Waals surface area contributed by atoms with Gasteiger partial charge in [0.1, 0.15) is 11.5 Å². The van der Waals surface area contributed by atoms with Crippen LogP contribution in [0.15, 0.2) is 47.6 Å². The molecule has 2 aromatic carbocycles. The second kappa shape index (κ2) is 8.16. The van der Waals surface area contributed by atoms with Crippen LogP contribution in [0.3, 0.4) is 0 Å². The average molecular weight is 362 g/mol. The molecule has 2 aromatic rings. The Bertz CT molecular complexity index is 836. The fraction of sp³-hybridized carbons (Fsp3) is 0.118. The molecule has 0 heterocycles. The first-order valence-corrected chi connectivity index (χ1v) is 7.64. The number of hydrogen-bond donors (Lipinski definition) is 4. The van der Waals surface area contributed by atoms with Gasteiger partial charge in [-0.25, -0.2) is 5.43 Å². The number of benzene rings is 2. The third kappa shape index (κ3) is 5.50. The van der Waals surface area contributed by atoms with Crippen LogP contribution in [0.4, 0.5) is 5.69 Å². The standard InChI is InChI=1S/C17H16ClN3O4/c1-10(7-16(24)19-12-4-2-3-11(18)8-12)20-21-17(25)14-6-5-13(22)9-15(14)23/h2-6,8-9,22-23H,7H2,1H3,(H,19,24)(H,21,25)/b20-10-. The van der Waals surface area contributed by atoms with E-state index in [2.05, 4.69) is 15.8 Å². The van der Waals surface area contributed by atoms with Gasteiger partial charge in [-0.3, -0.25) is 9.59 Å². The van der Waals surface area contributed by atoms with E-state index in [1.54, 1.807) is 31.2 Å². The fourth-order valence-electron chi connectivity index (χ4n) is 1.96. The number of hydrogen-bond acceptors (Lipinski definition) is 5. The highest BCUT2D eigenvalue weighted by Crippen LogP contribution is 2.22. The van der Waals surface area contributed by atoms with Gasteiger partial charge in [-0.2, -0.15) is 5.10 Å². The molecular formula is C17H16ClN3O4. The third-order valence-electron chi connectivity index (χ3n) is 3.10. The van der Waals surface area contributed by atoms with Crippen LogP contribution in [0.25, 0.3) is 0 Å². The van der Waals surface area contributed by atoms with Crippen molar-refractivity contribution in [2.45, 2.75) is 13.3 Å². The predicted octanol–water partition coefficient (Wildman–Crippen LogP) is 2.89. The Labute approximate surface area is 148 Å². The monoisotopic (exact) mass is 361 g/mol. The van der Waals surface area contributed by atoms with E-state index in [1.165, 1.54) is 12.1 Å². The molecule has 4 N–H and O–H groups in total. The summed E-state index contributed by atoms with van der Waals surface area (Å²) in [5.41, 5.74) is 3.13. The number of hydrazone groups is 1. The zero-order valence-corrected chi connectivity index (χ0v) is 14.0. The number of nitrogens with zero attached hydrogens (tertiary/aromatic N) is 1. The summed E-state index contributed by atoms with van der Waals surface area (Å²) >= 11 is 5.84. The van der Waals surface area contributed by atoms with Crippen molar-refractivity contribution < 1.29 is 19.8 Å². The number of carbonyl (C=O) groups excluding carboxylic acids is 2. The molecule has 8 heteroatoms. The van der Waals surface area contributed by atoms with Crippen LogP contribution in [0.2, 0.25) is 5.02 Å². The molecule has 0 aliphatic carbocycles. The maximum absolute atomic E-state index is 11.9. The Morgan fingerprint density at radius 3 is 2.60 bits per heavy atom. The van der Waals surface area contributed by atoms with E-state index in [9.17, 15) is 19.8 Å². The predicted molar refractivity (Wildman–Crippen MR) is 95.0 cm³/mol. The van der Waals surface area contributed by atoms with Gasteiger partial charge in [-0.1, -0.05) is 17.7 Å². The second-order valence-electron chi connectivity index (χ2n) is 5.22. The molecule has 7 nitrogen and oxygen atoms in total. The topological polar surface area (TPSA) is 111 Å². The molecule has 0 aromatic heterocycles. The molecule has 0 aliphatic heterocycles. The lowest BCUT2D eigenvalue weighted by atomic mass is 10.2. The molecular weight excluding hydrogens is 346 g/mol. The summed E-state index contributed by atoms with van der Waals surface area (Å²) in [5, 5.41) is 25.8. The summed E-state index contributed by atoms with van der Waals surface area (Å²) in [4.78, 5) is 23.8. The van der Waals surface area contributed by atoms with Crippen LogP contribution in [0.1, 0.15) is 23.7 Å². The van der Waals surface area contributed by atoms with Gasteiger partial charge >= 0.3 is 0 Å². The molecule has 2 rings (SSSR count). The highest BCUT2D eigenvalue weighted by molar-refractivity contribution is 6.30. The lowest BCUT2D eigenvalue weighted by Gasteiger charge is -2.06. The van der Waals surface area contributed by atoms with Crippen LogP contribution < -0.4 is 10.7 Å². The number of nitrogens with one attached hydrogen (secondary N) is 2. The first kappa shape index (κ1) is 18.3. The molecule has 0 saturated heterocycles. The Hall–Kier alpha value is -3.06. The van der Waals surface area contributed by atoms with Gasteiger partial charge in [0.25, 0.3) is 5.91 Å². The second-order valence-corrected chi connectivity index (χ2v) is 5.66. The molecule has 0 aliphatic rings. The van der Waals surface area contributed by atoms with Gasteiger partial charge < -0.3 is 15.5 Å². The maximum Gasteiger partial charge on any atom is 0.275 e. The summed E-state index contributed by atoms with van der Waals surface area (Å²) < 4.78 is 0. The molecule has 0 atom stereocenters. The molecule has 0 radical (unpaired) electrons. The molecule has 25 heavy (non-hydrogen) atoms. The normalized spacial score (nSPS) is 11.0. The van der Waals surface area contributed by atoms with E-state index in [4.69, 9.17) is 11.6 Å². The molecule has 0 spiro atoms. The van der Waals surface area contributed by atoms with E-state index in [-0.39, 0.29) is 29.4 Å². The highest BCUT2D eigenvalue weighted by atomic mass is 35.5. The third-order valence-corrected chi connectivity index (χ3v) is 3.33. The minimum atomic E-state index is -0.660. The van der Waals surface area contributed by atoms with Gasteiger partial charge in [-0.05, 0) is 37.3 Å². The van der Waals surface area contributed by atoms with Crippen molar-refractivity contribution in [3.8, 4) is 11.5 Å². The van der Waals surface area contributed by atoms with Gasteiger partial charge in [0.05, 0.1) is 12.0 Å². The number of phenolic OH excluding ortho intramolecular Hbond substituents is 2. The summed E-state index contributed by atoms with van der Waals surface area (Å²) in [5.74, 6) is -1.51. The lowest BCUT2D eigenvalue weighted by Crippen LogP contribution is -2.21. The Morgan fingerprint density at radius 2 is 1.92 bits per heavy atom. The van der Waals surface area contributed by atoms with Crippen molar-refractivity contribution in [3.05, 3.63) is 53.1 Å². The van der Waals surface area contributed by atoms with E-state index in [0.29, 0.717) is 16.4 Å². The number of phenols is 2. The van der Waals surface area contributed by atoms with E-state index < -0.39 is 5.91 Å². The summed E-state index contributed by atoms with van der Waals surface area (Å²) in [6, 6.07) is 10.3. The van der Waals surface area contributed by atoms with Crippen molar-refractivity contribution in [3.63, 3.8) is 0 Å². The Morgan fingerprint density at radius 1 is 1.16 bits per heavy atom. The maximum atomic E-state index is 11.9. The van der Waals surface area contributed by atoms with Gasteiger partial charge in [0.15, 0.2) is 0 Å². The van der Waals surface area contributed by atoms with Crippen molar-refractivity contribution in [1.29, 1.82) is 0 Å². The van der Waals surface area contributed by atoms with Crippen LogP contribution >= 0.6 is 11.6 Å². The first-order valence-electron chi connectivity index (χ1n) is 7.26. The van der Waals surface area contributed by atoms with E-state index in [0.717, 1.165) is 6.07 Å². The summed E-state index contributed by atoms with van der Waals surface area (Å²) in [6.07, 6.45) is -0.0334. The zero-order chi connectivity index (χ0) is 18.4. The molecule has 0 fully saturated rings. The average Bonchev–Trinajstić information content (AvgIpc) is 2.52. The number of halogens is 1. The lowest BCUT2D eigenvalue weighted by molar-refractivity contribution is -0.115. The SMILES string of the molecule is C/C(CC(=O)Nc1cccc(Cl)c1)=N/NC(=O)c1ccc(O)cc1O. The van der Waals surface area contributed by atoms with E-state index >= 15 is 0 Å². The molecule has 0 saturated carbocycles. The van der Waals surface area contributed by atoms with Crippen molar-refractivity contribution in [2.24, 2.45) is 5.10 Å². The van der Waals surface area contributed by atoms with Gasteiger partial charge in [0, 0.05) is 22.5 Å². The molecule has 130 valence electrons. The largest absolute Gasteiger partial charge is 0.508 e. The van der Waals surface area contributed by atoms with Crippen LogP contribution in [-0.2, 0) is 4.79 Å². The van der Waals surface area contributed by atoms with Crippen LogP contribution in [0.5, 0.6) is 11.5 Å². The molecule has 0 unspecified atom stereocenters. The van der Waals surface area contributed by atoms with Crippen molar-refractivity contribution in [2.75, 3.05) is 5.32 Å². The van der Waals surface area contributed by atoms with Crippen molar-refractivity contribution >= 4 is 34.8 Å². The first-order chi connectivity index (χ1) is 11.8. The number of anilines is 1. The number of rotatable bonds is 5. The van der Waals surface area contributed by atoms with Crippen LogP contribution in [-0.4, -0.2) is 27.7 Å².